The SMILES string of the molecule is CN(CCOCCO)Cc1nnc(C2CC2)n1C. The Morgan fingerprint density at radius 1 is 1.39 bits per heavy atom. The van der Waals surface area contributed by atoms with Gasteiger partial charge in [-0.1, -0.05) is 0 Å². The third-order valence-electron chi connectivity index (χ3n) is 3.21. The Labute approximate surface area is 108 Å². The molecule has 0 saturated heterocycles. The fourth-order valence-corrected chi connectivity index (χ4v) is 1.92. The van der Waals surface area contributed by atoms with Crippen molar-refractivity contribution in [2.75, 3.05) is 33.4 Å². The van der Waals surface area contributed by atoms with Crippen LogP contribution in [0.2, 0.25) is 0 Å². The van der Waals surface area contributed by atoms with Crippen molar-refractivity contribution in [1.29, 1.82) is 0 Å². The van der Waals surface area contributed by atoms with Crippen molar-refractivity contribution < 1.29 is 9.84 Å². The van der Waals surface area contributed by atoms with Gasteiger partial charge in [0, 0.05) is 19.5 Å². The molecule has 6 heteroatoms. The van der Waals surface area contributed by atoms with E-state index in [1.165, 1.54) is 12.8 Å². The van der Waals surface area contributed by atoms with Crippen LogP contribution in [0.5, 0.6) is 0 Å². The lowest BCUT2D eigenvalue weighted by Gasteiger charge is -2.15. The van der Waals surface area contributed by atoms with Crippen LogP contribution < -0.4 is 0 Å². The maximum absolute atomic E-state index is 8.60. The number of likely N-dealkylation sites (N-methyl/N-ethyl adjacent to an activating group) is 1. The number of nitrogens with zero attached hydrogens (tertiary/aromatic N) is 4. The average molecular weight is 254 g/mol. The fourth-order valence-electron chi connectivity index (χ4n) is 1.92. The van der Waals surface area contributed by atoms with Crippen LogP contribution in [0.4, 0.5) is 0 Å². The molecular formula is C12H22N4O2. The molecule has 6 nitrogen and oxygen atoms in total. The molecule has 18 heavy (non-hydrogen) atoms. The Kier molecular flexibility index (Phi) is 4.68. The van der Waals surface area contributed by atoms with E-state index >= 15 is 0 Å². The molecule has 0 bridgehead atoms. The number of rotatable bonds is 8. The predicted molar refractivity (Wildman–Crippen MR) is 67.2 cm³/mol. The van der Waals surface area contributed by atoms with Crippen LogP contribution >= 0.6 is 0 Å². The number of aliphatic hydroxyl groups excluding tert-OH is 1. The van der Waals surface area contributed by atoms with Crippen molar-refractivity contribution in [3.63, 3.8) is 0 Å². The molecule has 1 N–H and O–H groups in total. The molecule has 1 aliphatic rings. The molecule has 102 valence electrons. The fraction of sp³-hybridized carbons (Fsp3) is 0.833. The monoisotopic (exact) mass is 254 g/mol. The van der Waals surface area contributed by atoms with Gasteiger partial charge in [0.2, 0.25) is 0 Å². The second kappa shape index (κ2) is 6.26. The largest absolute Gasteiger partial charge is 0.394 e. The van der Waals surface area contributed by atoms with E-state index in [1.807, 2.05) is 14.1 Å². The smallest absolute Gasteiger partial charge is 0.146 e. The molecule has 0 atom stereocenters. The zero-order valence-corrected chi connectivity index (χ0v) is 11.2. The molecule has 1 aliphatic carbocycles. The van der Waals surface area contributed by atoms with Crippen molar-refractivity contribution in [3.05, 3.63) is 11.6 Å². The van der Waals surface area contributed by atoms with Crippen LogP contribution in [0, 0.1) is 0 Å². The van der Waals surface area contributed by atoms with E-state index in [0.29, 0.717) is 19.1 Å². The zero-order valence-electron chi connectivity index (χ0n) is 11.2. The highest BCUT2D eigenvalue weighted by molar-refractivity contribution is 5.07. The van der Waals surface area contributed by atoms with Crippen LogP contribution in [0.15, 0.2) is 0 Å². The Bertz CT molecular complexity index is 376. The highest BCUT2D eigenvalue weighted by Crippen LogP contribution is 2.38. The number of aromatic nitrogens is 3. The Hall–Kier alpha value is -0.980. The summed E-state index contributed by atoms with van der Waals surface area (Å²) >= 11 is 0. The van der Waals surface area contributed by atoms with Gasteiger partial charge in [0.15, 0.2) is 0 Å². The molecule has 1 aromatic rings. The summed E-state index contributed by atoms with van der Waals surface area (Å²) in [6.07, 6.45) is 2.49. The maximum atomic E-state index is 8.60. The average Bonchev–Trinajstić information content (AvgIpc) is 3.13. The van der Waals surface area contributed by atoms with Crippen LogP contribution in [0.1, 0.15) is 30.4 Å². The number of aliphatic hydroxyl groups is 1. The standard InChI is InChI=1S/C12H22N4O2/c1-15(5-7-18-8-6-17)9-11-13-14-12(16(11)2)10-3-4-10/h10,17H,3-9H2,1-2H3. The van der Waals surface area contributed by atoms with Crippen LogP contribution in [0.25, 0.3) is 0 Å². The maximum Gasteiger partial charge on any atom is 0.146 e. The molecule has 2 rings (SSSR count). The highest BCUT2D eigenvalue weighted by Gasteiger charge is 2.29. The van der Waals surface area contributed by atoms with Gasteiger partial charge in [-0.3, -0.25) is 4.90 Å². The van der Waals surface area contributed by atoms with Crippen molar-refractivity contribution in [3.8, 4) is 0 Å². The first-order chi connectivity index (χ1) is 8.72. The lowest BCUT2D eigenvalue weighted by atomic mass is 10.4. The molecule has 0 amide bonds. The summed E-state index contributed by atoms with van der Waals surface area (Å²) in [6.45, 7) is 2.72. The molecule has 0 aromatic carbocycles. The van der Waals surface area contributed by atoms with Crippen molar-refractivity contribution in [2.24, 2.45) is 7.05 Å². The minimum absolute atomic E-state index is 0.0811. The summed E-state index contributed by atoms with van der Waals surface area (Å²) in [5, 5.41) is 17.1. The highest BCUT2D eigenvalue weighted by atomic mass is 16.5. The first-order valence-electron chi connectivity index (χ1n) is 6.47. The van der Waals surface area contributed by atoms with Crippen LogP contribution in [-0.2, 0) is 18.3 Å². The van der Waals surface area contributed by atoms with Crippen LogP contribution in [0.3, 0.4) is 0 Å². The van der Waals surface area contributed by atoms with Crippen molar-refractivity contribution >= 4 is 0 Å². The minimum atomic E-state index is 0.0811. The van der Waals surface area contributed by atoms with Gasteiger partial charge < -0.3 is 14.4 Å². The first kappa shape index (κ1) is 13.5. The Balaban J connectivity index is 1.77. The molecule has 0 aliphatic heterocycles. The van der Waals surface area contributed by atoms with Crippen molar-refractivity contribution in [2.45, 2.75) is 25.3 Å². The lowest BCUT2D eigenvalue weighted by molar-refractivity contribution is 0.0767. The predicted octanol–water partition coefficient (Wildman–Crippen LogP) is 0.133. The molecule has 0 radical (unpaired) electrons. The second-order valence-corrected chi connectivity index (χ2v) is 4.88. The van der Waals surface area contributed by atoms with Gasteiger partial charge in [-0.05, 0) is 19.9 Å². The van der Waals surface area contributed by atoms with Gasteiger partial charge in [-0.15, -0.1) is 10.2 Å². The Morgan fingerprint density at radius 2 is 2.17 bits per heavy atom. The summed E-state index contributed by atoms with van der Waals surface area (Å²) in [5.41, 5.74) is 0. The van der Waals surface area contributed by atoms with E-state index in [9.17, 15) is 0 Å². The number of hydrogen-bond donors (Lipinski definition) is 1. The van der Waals surface area contributed by atoms with Crippen molar-refractivity contribution in [1.82, 2.24) is 19.7 Å². The summed E-state index contributed by atoms with van der Waals surface area (Å²) in [5.74, 6) is 2.76. The minimum Gasteiger partial charge on any atom is -0.394 e. The van der Waals surface area contributed by atoms with Crippen LogP contribution in [-0.4, -0.2) is 58.2 Å². The summed E-state index contributed by atoms with van der Waals surface area (Å²) in [7, 11) is 4.08. The van der Waals surface area contributed by atoms with E-state index in [0.717, 1.165) is 24.7 Å². The third kappa shape index (κ3) is 3.51. The first-order valence-corrected chi connectivity index (χ1v) is 6.47. The Morgan fingerprint density at radius 3 is 2.83 bits per heavy atom. The van der Waals surface area contributed by atoms with E-state index in [2.05, 4.69) is 19.7 Å². The van der Waals surface area contributed by atoms with Gasteiger partial charge in [-0.2, -0.15) is 0 Å². The molecular weight excluding hydrogens is 232 g/mol. The van der Waals surface area contributed by atoms with E-state index in [1.54, 1.807) is 0 Å². The molecule has 1 fully saturated rings. The van der Waals surface area contributed by atoms with E-state index < -0.39 is 0 Å². The van der Waals surface area contributed by atoms with Gasteiger partial charge in [0.25, 0.3) is 0 Å². The quantitative estimate of drug-likeness (QED) is 0.668. The topological polar surface area (TPSA) is 63.4 Å². The van der Waals surface area contributed by atoms with Gasteiger partial charge in [0.05, 0.1) is 26.4 Å². The molecule has 1 heterocycles. The lowest BCUT2D eigenvalue weighted by Crippen LogP contribution is -2.25. The third-order valence-corrected chi connectivity index (χ3v) is 3.21. The van der Waals surface area contributed by atoms with Gasteiger partial charge in [-0.25, -0.2) is 0 Å². The normalized spacial score (nSPS) is 15.6. The summed E-state index contributed by atoms with van der Waals surface area (Å²) in [6, 6.07) is 0. The zero-order chi connectivity index (χ0) is 13.0. The molecule has 0 unspecified atom stereocenters. The second-order valence-electron chi connectivity index (χ2n) is 4.88. The van der Waals surface area contributed by atoms with E-state index in [-0.39, 0.29) is 6.61 Å². The molecule has 0 spiro atoms. The molecule has 1 saturated carbocycles. The summed E-state index contributed by atoms with van der Waals surface area (Å²) < 4.78 is 7.35. The summed E-state index contributed by atoms with van der Waals surface area (Å²) in [4.78, 5) is 2.15. The number of hydrogen-bond acceptors (Lipinski definition) is 5. The number of ether oxygens (including phenoxy) is 1. The van der Waals surface area contributed by atoms with Gasteiger partial charge >= 0.3 is 0 Å². The van der Waals surface area contributed by atoms with E-state index in [4.69, 9.17) is 9.84 Å². The van der Waals surface area contributed by atoms with Gasteiger partial charge in [0.1, 0.15) is 11.6 Å². The molecule has 1 aromatic heterocycles.